The zero-order valence-corrected chi connectivity index (χ0v) is 14.7. The molecule has 0 bridgehead atoms. The van der Waals surface area contributed by atoms with Crippen LogP contribution in [0.1, 0.15) is 11.6 Å². The van der Waals surface area contributed by atoms with E-state index < -0.39 is 0 Å². The van der Waals surface area contributed by atoms with Crippen LogP contribution in [0.4, 0.5) is 0 Å². The van der Waals surface area contributed by atoms with Crippen LogP contribution in [0.15, 0.2) is 16.6 Å². The zero-order valence-electron chi connectivity index (χ0n) is 13.1. The van der Waals surface area contributed by atoms with Crippen LogP contribution in [-0.4, -0.2) is 63.8 Å². The molecule has 6 heteroatoms. The fourth-order valence-electron chi connectivity index (χ4n) is 2.82. The molecular formula is C15H24BrN3O2. The maximum atomic E-state index is 6.55. The normalized spacial score (nSPS) is 22.1. The SMILES string of the molecule is COc1ccc(C(N)C2CN(C)CCN2C)c(OC)c1Br. The van der Waals surface area contributed by atoms with E-state index in [1.54, 1.807) is 14.2 Å². The number of benzene rings is 1. The molecule has 0 radical (unpaired) electrons. The Kier molecular flexibility index (Phi) is 5.48. The van der Waals surface area contributed by atoms with Crippen LogP contribution >= 0.6 is 15.9 Å². The Morgan fingerprint density at radius 3 is 2.57 bits per heavy atom. The molecule has 118 valence electrons. The van der Waals surface area contributed by atoms with E-state index in [-0.39, 0.29) is 12.1 Å². The van der Waals surface area contributed by atoms with Crippen LogP contribution in [-0.2, 0) is 0 Å². The first-order chi connectivity index (χ1) is 9.99. The van der Waals surface area contributed by atoms with Crippen molar-refractivity contribution in [3.8, 4) is 11.5 Å². The minimum absolute atomic E-state index is 0.116. The highest BCUT2D eigenvalue weighted by atomic mass is 79.9. The molecule has 0 spiro atoms. The van der Waals surface area contributed by atoms with Gasteiger partial charge in [0.2, 0.25) is 0 Å². The summed E-state index contributed by atoms with van der Waals surface area (Å²) in [5.74, 6) is 1.50. The summed E-state index contributed by atoms with van der Waals surface area (Å²) in [5, 5.41) is 0. The Labute approximate surface area is 135 Å². The molecule has 0 amide bonds. The third-order valence-corrected chi connectivity index (χ3v) is 4.94. The van der Waals surface area contributed by atoms with Gasteiger partial charge in [0.15, 0.2) is 0 Å². The summed E-state index contributed by atoms with van der Waals surface area (Å²) < 4.78 is 11.7. The number of ether oxygens (including phenoxy) is 2. The highest BCUT2D eigenvalue weighted by Gasteiger charge is 2.31. The second-order valence-corrected chi connectivity index (χ2v) is 6.33. The average Bonchev–Trinajstić information content (AvgIpc) is 2.48. The number of hydrogen-bond acceptors (Lipinski definition) is 5. The summed E-state index contributed by atoms with van der Waals surface area (Å²) in [5.41, 5.74) is 7.55. The maximum Gasteiger partial charge on any atom is 0.141 e. The lowest BCUT2D eigenvalue weighted by Crippen LogP contribution is -2.54. The number of rotatable bonds is 4. The van der Waals surface area contributed by atoms with Crippen molar-refractivity contribution in [2.75, 3.05) is 47.9 Å². The van der Waals surface area contributed by atoms with Crippen molar-refractivity contribution in [1.29, 1.82) is 0 Å². The van der Waals surface area contributed by atoms with E-state index in [0.29, 0.717) is 0 Å². The molecule has 0 saturated carbocycles. The maximum absolute atomic E-state index is 6.55. The molecule has 1 heterocycles. The second-order valence-electron chi connectivity index (χ2n) is 5.54. The van der Waals surface area contributed by atoms with Crippen LogP contribution in [0.5, 0.6) is 11.5 Å². The Morgan fingerprint density at radius 2 is 1.95 bits per heavy atom. The van der Waals surface area contributed by atoms with Gasteiger partial charge in [-0.1, -0.05) is 0 Å². The fourth-order valence-corrected chi connectivity index (χ4v) is 3.50. The Hall–Kier alpha value is -0.820. The van der Waals surface area contributed by atoms with E-state index in [0.717, 1.165) is 41.2 Å². The molecular weight excluding hydrogens is 334 g/mol. The minimum Gasteiger partial charge on any atom is -0.495 e. The van der Waals surface area contributed by atoms with E-state index in [1.165, 1.54) is 0 Å². The highest BCUT2D eigenvalue weighted by molar-refractivity contribution is 9.10. The minimum atomic E-state index is -0.116. The third-order valence-electron chi connectivity index (χ3n) is 4.19. The number of nitrogens with two attached hydrogens (primary N) is 1. The first-order valence-electron chi connectivity index (χ1n) is 7.04. The van der Waals surface area contributed by atoms with Gasteiger partial charge in [-0.15, -0.1) is 0 Å². The first-order valence-corrected chi connectivity index (χ1v) is 7.83. The smallest absolute Gasteiger partial charge is 0.141 e. The molecule has 1 aliphatic rings. The molecule has 0 aromatic heterocycles. The predicted octanol–water partition coefficient (Wildman–Crippen LogP) is 1.71. The molecule has 1 aliphatic heterocycles. The standard InChI is InChI=1S/C15H24BrN3O2/c1-18-7-8-19(2)11(9-18)14(17)10-5-6-12(20-3)13(16)15(10)21-4/h5-6,11,14H,7-9,17H2,1-4H3. The van der Waals surface area contributed by atoms with Crippen LogP contribution in [0.3, 0.4) is 0 Å². The number of halogens is 1. The second kappa shape index (κ2) is 6.96. The third kappa shape index (κ3) is 3.34. The summed E-state index contributed by atoms with van der Waals surface area (Å²) in [6, 6.07) is 4.07. The average molecular weight is 358 g/mol. The van der Waals surface area contributed by atoms with Gasteiger partial charge in [-0.2, -0.15) is 0 Å². The summed E-state index contributed by atoms with van der Waals surface area (Å²) in [6.45, 7) is 3.04. The van der Waals surface area contributed by atoms with Crippen molar-refractivity contribution in [3.63, 3.8) is 0 Å². The van der Waals surface area contributed by atoms with Gasteiger partial charge in [-0.25, -0.2) is 0 Å². The summed E-state index contributed by atoms with van der Waals surface area (Å²) >= 11 is 3.54. The van der Waals surface area contributed by atoms with Crippen LogP contribution in [0, 0.1) is 0 Å². The summed E-state index contributed by atoms with van der Waals surface area (Å²) in [6.07, 6.45) is 0. The molecule has 21 heavy (non-hydrogen) atoms. The molecule has 1 aromatic rings. The van der Waals surface area contributed by atoms with Crippen LogP contribution < -0.4 is 15.2 Å². The van der Waals surface area contributed by atoms with E-state index >= 15 is 0 Å². The summed E-state index contributed by atoms with van der Waals surface area (Å²) in [4.78, 5) is 4.64. The Bertz CT molecular complexity index is 498. The predicted molar refractivity (Wildman–Crippen MR) is 88.1 cm³/mol. The van der Waals surface area contributed by atoms with Crippen LogP contribution in [0.25, 0.3) is 0 Å². The lowest BCUT2D eigenvalue weighted by atomic mass is 9.96. The Balaban J connectivity index is 2.34. The van der Waals surface area contributed by atoms with Gasteiger partial charge in [-0.3, -0.25) is 4.90 Å². The number of piperazine rings is 1. The van der Waals surface area contributed by atoms with Crippen molar-refractivity contribution >= 4 is 15.9 Å². The van der Waals surface area contributed by atoms with Crippen molar-refractivity contribution in [3.05, 3.63) is 22.2 Å². The molecule has 2 rings (SSSR count). The lowest BCUT2D eigenvalue weighted by molar-refractivity contribution is 0.0967. The van der Waals surface area contributed by atoms with Crippen molar-refractivity contribution < 1.29 is 9.47 Å². The molecule has 1 fully saturated rings. The molecule has 0 aliphatic carbocycles. The number of hydrogen-bond donors (Lipinski definition) is 1. The van der Waals surface area contributed by atoms with Gasteiger partial charge in [0.1, 0.15) is 16.0 Å². The van der Waals surface area contributed by atoms with Crippen molar-refractivity contribution in [2.45, 2.75) is 12.1 Å². The number of methoxy groups -OCH3 is 2. The lowest BCUT2D eigenvalue weighted by Gasteiger charge is -2.41. The molecule has 2 atom stereocenters. The monoisotopic (exact) mass is 357 g/mol. The van der Waals surface area contributed by atoms with E-state index in [4.69, 9.17) is 15.2 Å². The van der Waals surface area contributed by atoms with Crippen LogP contribution in [0.2, 0.25) is 0 Å². The molecule has 5 nitrogen and oxygen atoms in total. The van der Waals surface area contributed by atoms with Gasteiger partial charge in [0.05, 0.1) is 20.3 Å². The largest absolute Gasteiger partial charge is 0.495 e. The quantitative estimate of drug-likeness (QED) is 0.888. The van der Waals surface area contributed by atoms with E-state index in [9.17, 15) is 0 Å². The Morgan fingerprint density at radius 1 is 1.24 bits per heavy atom. The van der Waals surface area contributed by atoms with Crippen molar-refractivity contribution in [2.24, 2.45) is 5.73 Å². The van der Waals surface area contributed by atoms with E-state index in [2.05, 4.69) is 39.8 Å². The van der Waals surface area contributed by atoms with Gasteiger partial charge < -0.3 is 20.1 Å². The topological polar surface area (TPSA) is 51.0 Å². The number of nitrogens with zero attached hydrogens (tertiary/aromatic N) is 2. The van der Waals surface area contributed by atoms with Crippen molar-refractivity contribution in [1.82, 2.24) is 9.80 Å². The van der Waals surface area contributed by atoms with Gasteiger partial charge in [-0.05, 0) is 42.2 Å². The first kappa shape index (κ1) is 16.5. The zero-order chi connectivity index (χ0) is 15.6. The highest BCUT2D eigenvalue weighted by Crippen LogP contribution is 2.40. The van der Waals surface area contributed by atoms with E-state index in [1.807, 2.05) is 12.1 Å². The molecule has 2 N–H and O–H groups in total. The molecule has 1 aromatic carbocycles. The fraction of sp³-hybridized carbons (Fsp3) is 0.600. The molecule has 2 unspecified atom stereocenters. The molecule has 1 saturated heterocycles. The van der Waals surface area contributed by atoms with Gasteiger partial charge in [0, 0.05) is 31.2 Å². The van der Waals surface area contributed by atoms with Gasteiger partial charge in [0.25, 0.3) is 0 Å². The number of likely N-dealkylation sites (N-methyl/N-ethyl adjacent to an activating group) is 2. The summed E-state index contributed by atoms with van der Waals surface area (Å²) in [7, 11) is 7.56. The van der Waals surface area contributed by atoms with Gasteiger partial charge >= 0.3 is 0 Å².